The first-order valence-corrected chi connectivity index (χ1v) is 6.51. The molecule has 0 bridgehead atoms. The molecule has 0 unspecified atom stereocenters. The summed E-state index contributed by atoms with van der Waals surface area (Å²) in [5.41, 5.74) is 8.84. The van der Waals surface area contributed by atoms with E-state index < -0.39 is 5.97 Å². The molecule has 1 aromatic heterocycles. The molecule has 0 saturated carbocycles. The summed E-state index contributed by atoms with van der Waals surface area (Å²) in [5, 5.41) is 8.96. The monoisotopic (exact) mass is 269 g/mol. The van der Waals surface area contributed by atoms with Gasteiger partial charge in [0, 0.05) is 18.4 Å². The number of hydrogen-bond donors (Lipinski definition) is 2. The van der Waals surface area contributed by atoms with Crippen molar-refractivity contribution < 1.29 is 9.90 Å². The Hall–Kier alpha value is -2.56. The van der Waals surface area contributed by atoms with Gasteiger partial charge in [0.05, 0.1) is 11.3 Å². The lowest BCUT2D eigenvalue weighted by Crippen LogP contribution is -2.26. The van der Waals surface area contributed by atoms with Gasteiger partial charge in [0.25, 0.3) is 0 Å². The van der Waals surface area contributed by atoms with Crippen LogP contribution in [0.25, 0.3) is 0 Å². The average molecular weight is 269 g/mol. The number of para-hydroxylation sites is 1. The van der Waals surface area contributed by atoms with Gasteiger partial charge in [-0.05, 0) is 30.5 Å². The van der Waals surface area contributed by atoms with Crippen molar-refractivity contribution in [1.29, 1.82) is 0 Å². The van der Waals surface area contributed by atoms with E-state index in [9.17, 15) is 4.79 Å². The molecule has 3 rings (SSSR count). The lowest BCUT2D eigenvalue weighted by Gasteiger charge is -2.31. The number of nitrogens with zero attached hydrogens (tertiary/aromatic N) is 2. The van der Waals surface area contributed by atoms with E-state index in [0.29, 0.717) is 11.5 Å². The number of benzene rings is 1. The van der Waals surface area contributed by atoms with E-state index in [-0.39, 0.29) is 5.56 Å². The van der Waals surface area contributed by atoms with Crippen molar-refractivity contribution in [2.75, 3.05) is 17.2 Å². The van der Waals surface area contributed by atoms with Crippen LogP contribution in [0.1, 0.15) is 22.3 Å². The molecule has 0 amide bonds. The Bertz CT molecular complexity index is 670. The summed E-state index contributed by atoms with van der Waals surface area (Å²) in [4.78, 5) is 17.2. The molecule has 0 aliphatic carbocycles. The van der Waals surface area contributed by atoms with Crippen LogP contribution >= 0.6 is 0 Å². The number of carbonyl (C=O) groups is 1. The first-order valence-electron chi connectivity index (χ1n) is 6.51. The molecule has 2 aromatic rings. The Kier molecular flexibility index (Phi) is 3.02. The minimum Gasteiger partial charge on any atom is -0.478 e. The van der Waals surface area contributed by atoms with Gasteiger partial charge in [-0.2, -0.15) is 0 Å². The second-order valence-electron chi connectivity index (χ2n) is 4.83. The van der Waals surface area contributed by atoms with E-state index in [1.807, 2.05) is 18.2 Å². The number of anilines is 3. The zero-order chi connectivity index (χ0) is 14.1. The fourth-order valence-electron chi connectivity index (χ4n) is 2.57. The normalized spacial score (nSPS) is 13.9. The zero-order valence-corrected chi connectivity index (χ0v) is 10.9. The van der Waals surface area contributed by atoms with Crippen LogP contribution in [0.15, 0.2) is 36.5 Å². The Morgan fingerprint density at radius 1 is 1.35 bits per heavy atom. The average Bonchev–Trinajstić information content (AvgIpc) is 2.46. The molecule has 0 radical (unpaired) electrons. The number of carboxylic acid groups (broad SMARTS) is 1. The van der Waals surface area contributed by atoms with E-state index in [2.05, 4.69) is 16.0 Å². The Labute approximate surface area is 116 Å². The third-order valence-electron chi connectivity index (χ3n) is 3.51. The third-order valence-corrected chi connectivity index (χ3v) is 3.51. The topological polar surface area (TPSA) is 79.5 Å². The zero-order valence-electron chi connectivity index (χ0n) is 10.9. The lowest BCUT2D eigenvalue weighted by atomic mass is 10.0. The molecule has 0 saturated heterocycles. The third kappa shape index (κ3) is 2.07. The molecular formula is C15H15N3O2. The number of rotatable bonds is 2. The fourth-order valence-corrected chi connectivity index (χ4v) is 2.57. The van der Waals surface area contributed by atoms with E-state index in [4.69, 9.17) is 10.8 Å². The van der Waals surface area contributed by atoms with Crippen LogP contribution in [0.2, 0.25) is 0 Å². The number of fused-ring (bicyclic) bond motifs is 1. The SMILES string of the molecule is Nc1cc(C(=O)O)cnc1N1CCCc2ccccc21. The molecule has 102 valence electrons. The second kappa shape index (κ2) is 4.85. The highest BCUT2D eigenvalue weighted by molar-refractivity contribution is 5.90. The minimum atomic E-state index is -1.02. The lowest BCUT2D eigenvalue weighted by molar-refractivity contribution is 0.0696. The Morgan fingerprint density at radius 3 is 2.90 bits per heavy atom. The number of aromatic nitrogens is 1. The van der Waals surface area contributed by atoms with Crippen molar-refractivity contribution in [3.8, 4) is 0 Å². The van der Waals surface area contributed by atoms with Gasteiger partial charge in [-0.3, -0.25) is 0 Å². The Balaban J connectivity index is 2.04. The Morgan fingerprint density at radius 2 is 2.15 bits per heavy atom. The highest BCUT2D eigenvalue weighted by atomic mass is 16.4. The number of hydrogen-bond acceptors (Lipinski definition) is 4. The van der Waals surface area contributed by atoms with Gasteiger partial charge >= 0.3 is 5.97 Å². The van der Waals surface area contributed by atoms with Gasteiger partial charge in [0.15, 0.2) is 5.82 Å². The van der Waals surface area contributed by atoms with Crippen molar-refractivity contribution in [3.05, 3.63) is 47.7 Å². The number of aryl methyl sites for hydroxylation is 1. The first kappa shape index (κ1) is 12.5. The molecule has 2 heterocycles. The maximum atomic E-state index is 10.9. The number of pyridine rings is 1. The largest absolute Gasteiger partial charge is 0.478 e. The number of aromatic carboxylic acids is 1. The maximum absolute atomic E-state index is 10.9. The van der Waals surface area contributed by atoms with Crippen molar-refractivity contribution in [2.24, 2.45) is 0 Å². The second-order valence-corrected chi connectivity index (χ2v) is 4.83. The van der Waals surface area contributed by atoms with Crippen molar-refractivity contribution in [2.45, 2.75) is 12.8 Å². The van der Waals surface area contributed by atoms with Crippen molar-refractivity contribution in [3.63, 3.8) is 0 Å². The molecule has 5 nitrogen and oxygen atoms in total. The minimum absolute atomic E-state index is 0.108. The summed E-state index contributed by atoms with van der Waals surface area (Å²) in [5.74, 6) is -0.392. The molecule has 1 aromatic carbocycles. The summed E-state index contributed by atoms with van der Waals surface area (Å²) in [6.07, 6.45) is 3.42. The van der Waals surface area contributed by atoms with E-state index in [1.54, 1.807) is 0 Å². The summed E-state index contributed by atoms with van der Waals surface area (Å²) in [6, 6.07) is 9.61. The van der Waals surface area contributed by atoms with Gasteiger partial charge in [-0.15, -0.1) is 0 Å². The number of nitrogen functional groups attached to an aromatic ring is 1. The highest BCUT2D eigenvalue weighted by Crippen LogP contribution is 2.34. The summed E-state index contributed by atoms with van der Waals surface area (Å²) in [6.45, 7) is 0.834. The molecule has 5 heteroatoms. The van der Waals surface area contributed by atoms with Gasteiger partial charge in [-0.1, -0.05) is 18.2 Å². The first-order chi connectivity index (χ1) is 9.66. The van der Waals surface area contributed by atoms with Gasteiger partial charge in [0.1, 0.15) is 0 Å². The molecular weight excluding hydrogens is 254 g/mol. The fraction of sp³-hybridized carbons (Fsp3) is 0.200. The summed E-state index contributed by atoms with van der Waals surface area (Å²) in [7, 11) is 0. The quantitative estimate of drug-likeness (QED) is 0.875. The van der Waals surface area contributed by atoms with Crippen LogP contribution in [-0.2, 0) is 6.42 Å². The van der Waals surface area contributed by atoms with Gasteiger partial charge < -0.3 is 15.7 Å². The van der Waals surface area contributed by atoms with Crippen LogP contribution in [0.4, 0.5) is 17.2 Å². The van der Waals surface area contributed by atoms with Crippen LogP contribution in [0.3, 0.4) is 0 Å². The standard InChI is InChI=1S/C15H15N3O2/c16-12-8-11(15(19)20)9-17-14(12)18-7-3-5-10-4-1-2-6-13(10)18/h1-2,4,6,8-9H,3,5,7,16H2,(H,19,20). The molecule has 20 heavy (non-hydrogen) atoms. The summed E-state index contributed by atoms with van der Waals surface area (Å²) < 4.78 is 0. The molecule has 1 aliphatic rings. The van der Waals surface area contributed by atoms with Crippen LogP contribution in [0, 0.1) is 0 Å². The van der Waals surface area contributed by atoms with Crippen molar-refractivity contribution in [1.82, 2.24) is 4.98 Å². The highest BCUT2D eigenvalue weighted by Gasteiger charge is 2.21. The number of nitrogens with two attached hydrogens (primary N) is 1. The van der Waals surface area contributed by atoms with Crippen molar-refractivity contribution >= 4 is 23.2 Å². The molecule has 1 aliphatic heterocycles. The predicted molar refractivity (Wildman–Crippen MR) is 77.4 cm³/mol. The molecule has 3 N–H and O–H groups in total. The molecule has 0 fully saturated rings. The van der Waals surface area contributed by atoms with Crippen LogP contribution < -0.4 is 10.6 Å². The van der Waals surface area contributed by atoms with E-state index in [0.717, 1.165) is 25.1 Å². The molecule has 0 atom stereocenters. The maximum Gasteiger partial charge on any atom is 0.337 e. The van der Waals surface area contributed by atoms with E-state index in [1.165, 1.54) is 17.8 Å². The predicted octanol–water partition coefficient (Wildman–Crippen LogP) is 2.45. The smallest absolute Gasteiger partial charge is 0.337 e. The van der Waals surface area contributed by atoms with Crippen LogP contribution in [0.5, 0.6) is 0 Å². The molecule has 0 spiro atoms. The van der Waals surface area contributed by atoms with Gasteiger partial charge in [-0.25, -0.2) is 9.78 Å². The summed E-state index contributed by atoms with van der Waals surface area (Å²) >= 11 is 0. The van der Waals surface area contributed by atoms with E-state index >= 15 is 0 Å². The van der Waals surface area contributed by atoms with Gasteiger partial charge in [0.2, 0.25) is 0 Å². The number of carboxylic acids is 1. The van der Waals surface area contributed by atoms with Crippen LogP contribution in [-0.4, -0.2) is 22.6 Å².